The van der Waals surface area contributed by atoms with Gasteiger partial charge in [-0.2, -0.15) is 0 Å². The summed E-state index contributed by atoms with van der Waals surface area (Å²) in [6.07, 6.45) is -0.104. The molecule has 0 radical (unpaired) electrons. The first-order valence-electron chi connectivity index (χ1n) is 5.53. The number of hydrogen-bond acceptors (Lipinski definition) is 3. The van der Waals surface area contributed by atoms with E-state index in [4.69, 9.17) is 15.2 Å². The van der Waals surface area contributed by atoms with Gasteiger partial charge in [-0.25, -0.2) is 8.78 Å². The molecule has 1 aliphatic heterocycles. The predicted octanol–water partition coefficient (Wildman–Crippen LogP) is 2.04. The molecule has 17 heavy (non-hydrogen) atoms. The van der Waals surface area contributed by atoms with Crippen LogP contribution in [0.1, 0.15) is 23.6 Å². The molecule has 0 amide bonds. The van der Waals surface area contributed by atoms with Crippen LogP contribution in [-0.4, -0.2) is 19.5 Å². The maximum atomic E-state index is 13.7. The Labute approximate surface area is 98.5 Å². The zero-order chi connectivity index (χ0) is 12.4. The first-order chi connectivity index (χ1) is 8.09. The van der Waals surface area contributed by atoms with Crippen LogP contribution >= 0.6 is 0 Å². The summed E-state index contributed by atoms with van der Waals surface area (Å²) >= 11 is 0. The van der Waals surface area contributed by atoms with Crippen LogP contribution < -0.4 is 5.73 Å². The predicted molar refractivity (Wildman–Crippen MR) is 58.3 cm³/mol. The molecular weight excluding hydrogens is 228 g/mol. The number of halogens is 2. The third-order valence-electron chi connectivity index (χ3n) is 2.84. The Morgan fingerprint density at radius 3 is 2.59 bits per heavy atom. The average molecular weight is 243 g/mol. The molecule has 1 atom stereocenters. The molecule has 5 heteroatoms. The van der Waals surface area contributed by atoms with Gasteiger partial charge in [0.2, 0.25) is 0 Å². The Bertz CT molecular complexity index is 406. The van der Waals surface area contributed by atoms with Crippen LogP contribution in [0.3, 0.4) is 0 Å². The Balaban J connectivity index is 2.13. The normalized spacial score (nSPS) is 18.6. The molecule has 1 aliphatic rings. The summed E-state index contributed by atoms with van der Waals surface area (Å²) in [5.41, 5.74) is 6.26. The van der Waals surface area contributed by atoms with E-state index in [2.05, 4.69) is 0 Å². The first-order valence-corrected chi connectivity index (χ1v) is 5.53. The Morgan fingerprint density at radius 1 is 1.29 bits per heavy atom. The van der Waals surface area contributed by atoms with Crippen molar-refractivity contribution in [3.05, 3.63) is 34.9 Å². The number of rotatable bonds is 3. The summed E-state index contributed by atoms with van der Waals surface area (Å²) in [7, 11) is 0. The molecule has 1 heterocycles. The van der Waals surface area contributed by atoms with Crippen LogP contribution in [-0.2, 0) is 9.47 Å². The molecular formula is C12H15F2NO2. The maximum Gasteiger partial charge on any atom is 0.163 e. The van der Waals surface area contributed by atoms with Gasteiger partial charge in [-0.15, -0.1) is 0 Å². The first kappa shape index (κ1) is 12.4. The lowest BCUT2D eigenvalue weighted by Crippen LogP contribution is -2.21. The van der Waals surface area contributed by atoms with Gasteiger partial charge in [0.1, 0.15) is 0 Å². The molecule has 0 saturated carbocycles. The molecule has 0 aromatic heterocycles. The molecule has 0 spiro atoms. The molecule has 1 aromatic carbocycles. The fraction of sp³-hybridized carbons (Fsp3) is 0.500. The Hall–Kier alpha value is -1.04. The highest BCUT2D eigenvalue weighted by atomic mass is 19.2. The zero-order valence-electron chi connectivity index (χ0n) is 9.58. The summed E-state index contributed by atoms with van der Waals surface area (Å²) in [6, 6.07) is 2.39. The van der Waals surface area contributed by atoms with Gasteiger partial charge < -0.3 is 15.2 Å². The van der Waals surface area contributed by atoms with E-state index in [1.165, 1.54) is 19.1 Å². The van der Waals surface area contributed by atoms with Gasteiger partial charge in [-0.1, -0.05) is 12.1 Å². The van der Waals surface area contributed by atoms with Crippen molar-refractivity contribution in [2.24, 2.45) is 5.73 Å². The van der Waals surface area contributed by atoms with Crippen molar-refractivity contribution in [3.8, 4) is 0 Å². The van der Waals surface area contributed by atoms with E-state index < -0.39 is 24.0 Å². The van der Waals surface area contributed by atoms with Crippen molar-refractivity contribution >= 4 is 0 Å². The van der Waals surface area contributed by atoms with Crippen LogP contribution in [0.25, 0.3) is 0 Å². The second-order valence-corrected chi connectivity index (χ2v) is 4.11. The van der Waals surface area contributed by atoms with Gasteiger partial charge in [0, 0.05) is 18.0 Å². The van der Waals surface area contributed by atoms with E-state index in [0.717, 1.165) is 0 Å². The monoisotopic (exact) mass is 243 g/mol. The van der Waals surface area contributed by atoms with Crippen molar-refractivity contribution < 1.29 is 18.3 Å². The summed E-state index contributed by atoms with van der Waals surface area (Å²) in [5.74, 6) is -1.72. The van der Waals surface area contributed by atoms with E-state index >= 15 is 0 Å². The Morgan fingerprint density at radius 2 is 1.94 bits per heavy atom. The lowest BCUT2D eigenvalue weighted by Gasteiger charge is -2.17. The third-order valence-corrected chi connectivity index (χ3v) is 2.84. The highest BCUT2D eigenvalue weighted by Gasteiger charge is 2.23. The molecule has 2 rings (SSSR count). The lowest BCUT2D eigenvalue weighted by atomic mass is 10.0. The quantitative estimate of drug-likeness (QED) is 0.883. The molecule has 1 fully saturated rings. The molecule has 0 bridgehead atoms. The largest absolute Gasteiger partial charge is 0.350 e. The lowest BCUT2D eigenvalue weighted by molar-refractivity contribution is -0.0509. The fourth-order valence-electron chi connectivity index (χ4n) is 1.82. The molecule has 1 saturated heterocycles. The molecule has 94 valence electrons. The number of aryl methyl sites for hydroxylation is 1. The van der Waals surface area contributed by atoms with Gasteiger partial charge in [-0.05, 0) is 12.5 Å². The van der Waals surface area contributed by atoms with E-state index in [-0.39, 0.29) is 11.1 Å². The van der Waals surface area contributed by atoms with Crippen molar-refractivity contribution in [2.45, 2.75) is 25.7 Å². The molecule has 3 nitrogen and oxygen atoms in total. The topological polar surface area (TPSA) is 44.5 Å². The number of nitrogens with two attached hydrogens (primary N) is 1. The van der Waals surface area contributed by atoms with Gasteiger partial charge in [-0.3, -0.25) is 0 Å². The van der Waals surface area contributed by atoms with Gasteiger partial charge in [0.15, 0.2) is 17.9 Å². The van der Waals surface area contributed by atoms with Crippen LogP contribution in [0.15, 0.2) is 12.1 Å². The van der Waals surface area contributed by atoms with Crippen LogP contribution in [0.2, 0.25) is 0 Å². The van der Waals surface area contributed by atoms with Crippen LogP contribution in [0.5, 0.6) is 0 Å². The van der Waals surface area contributed by atoms with E-state index in [1.807, 2.05) is 0 Å². The van der Waals surface area contributed by atoms with E-state index in [1.54, 1.807) is 0 Å². The minimum Gasteiger partial charge on any atom is -0.350 e. The summed E-state index contributed by atoms with van der Waals surface area (Å²) in [4.78, 5) is 0. The van der Waals surface area contributed by atoms with Gasteiger partial charge in [0.05, 0.1) is 13.2 Å². The van der Waals surface area contributed by atoms with Gasteiger partial charge in [0.25, 0.3) is 0 Å². The smallest absolute Gasteiger partial charge is 0.163 e. The summed E-state index contributed by atoms with van der Waals surface area (Å²) in [5, 5.41) is 0. The fourth-order valence-corrected chi connectivity index (χ4v) is 1.82. The second kappa shape index (κ2) is 5.08. The van der Waals surface area contributed by atoms with E-state index in [0.29, 0.717) is 19.6 Å². The zero-order valence-corrected chi connectivity index (χ0v) is 9.58. The average Bonchev–Trinajstić information content (AvgIpc) is 2.78. The highest BCUT2D eigenvalue weighted by molar-refractivity contribution is 5.27. The third kappa shape index (κ3) is 2.62. The standard InChI is InChI=1S/C12H15F2NO2/c1-7-2-3-8(12(14)11(7)13)9(15)6-10-16-4-5-17-10/h2-3,9-10H,4-6,15H2,1H3. The van der Waals surface area contributed by atoms with Crippen molar-refractivity contribution in [1.29, 1.82) is 0 Å². The van der Waals surface area contributed by atoms with Crippen molar-refractivity contribution in [1.82, 2.24) is 0 Å². The van der Waals surface area contributed by atoms with Gasteiger partial charge >= 0.3 is 0 Å². The SMILES string of the molecule is Cc1ccc(C(N)CC2OCCO2)c(F)c1F. The maximum absolute atomic E-state index is 13.7. The molecule has 1 unspecified atom stereocenters. The highest BCUT2D eigenvalue weighted by Crippen LogP contribution is 2.25. The molecule has 0 aliphatic carbocycles. The number of ether oxygens (including phenoxy) is 2. The van der Waals surface area contributed by atoms with E-state index in [9.17, 15) is 8.78 Å². The van der Waals surface area contributed by atoms with Crippen molar-refractivity contribution in [2.75, 3.05) is 13.2 Å². The molecule has 1 aromatic rings. The minimum atomic E-state index is -0.879. The Kier molecular flexibility index (Phi) is 3.71. The number of benzene rings is 1. The van der Waals surface area contributed by atoms with Crippen LogP contribution in [0.4, 0.5) is 8.78 Å². The minimum absolute atomic E-state index is 0.159. The second-order valence-electron chi connectivity index (χ2n) is 4.11. The number of hydrogen-bond donors (Lipinski definition) is 1. The summed E-state index contributed by atoms with van der Waals surface area (Å²) in [6.45, 7) is 2.54. The summed E-state index contributed by atoms with van der Waals surface area (Å²) < 4.78 is 37.5. The molecule has 2 N–H and O–H groups in total. The van der Waals surface area contributed by atoms with Crippen molar-refractivity contribution in [3.63, 3.8) is 0 Å². The van der Waals surface area contributed by atoms with Crippen LogP contribution in [0, 0.1) is 18.6 Å².